The Balaban J connectivity index is 2.02. The van der Waals surface area contributed by atoms with E-state index in [2.05, 4.69) is 6.58 Å². The minimum atomic E-state index is -0.997. The number of aliphatic hydroxyl groups is 2. The molecule has 0 spiro atoms. The van der Waals surface area contributed by atoms with E-state index >= 15 is 0 Å². The van der Waals surface area contributed by atoms with Crippen LogP contribution in [-0.2, 0) is 11.2 Å². The van der Waals surface area contributed by atoms with Crippen molar-refractivity contribution in [1.29, 1.82) is 0 Å². The molecule has 176 valence electrons. The molecule has 4 rings (SSSR count). The van der Waals surface area contributed by atoms with Crippen LogP contribution in [0.2, 0.25) is 0 Å². The van der Waals surface area contributed by atoms with Gasteiger partial charge in [0.25, 0.3) is 0 Å². The third-order valence-corrected chi connectivity index (χ3v) is 6.81. The van der Waals surface area contributed by atoms with Gasteiger partial charge < -0.3 is 29.2 Å². The average molecular weight is 455 g/mol. The molecule has 0 saturated carbocycles. The molecule has 1 aliphatic heterocycles. The number of aromatic hydroxyl groups is 1. The predicted molar refractivity (Wildman–Crippen MR) is 126 cm³/mol. The summed E-state index contributed by atoms with van der Waals surface area (Å²) < 4.78 is 17.5. The first kappa shape index (κ1) is 23.3. The van der Waals surface area contributed by atoms with Crippen molar-refractivity contribution in [3.63, 3.8) is 0 Å². The summed E-state index contributed by atoms with van der Waals surface area (Å²) in [6.07, 6.45) is -1.73. The quantitative estimate of drug-likeness (QED) is 0.396. The number of fused-ring (bicyclic) bond motifs is 4. The lowest BCUT2D eigenvalue weighted by molar-refractivity contribution is -0.0764. The van der Waals surface area contributed by atoms with E-state index in [1.165, 1.54) is 13.2 Å². The number of ether oxygens (including phenoxy) is 2. The molecule has 3 aromatic rings. The van der Waals surface area contributed by atoms with Gasteiger partial charge in [-0.05, 0) is 51.0 Å². The molecule has 0 radical (unpaired) electrons. The first-order valence-electron chi connectivity index (χ1n) is 10.9. The number of aryl methyl sites for hydroxylation is 1. The molecule has 33 heavy (non-hydrogen) atoms. The Kier molecular flexibility index (Phi) is 5.76. The summed E-state index contributed by atoms with van der Waals surface area (Å²) in [5, 5.41) is 32.6. The van der Waals surface area contributed by atoms with E-state index in [1.54, 1.807) is 26.0 Å². The Bertz CT molecular complexity index is 1320. The number of rotatable bonds is 5. The highest BCUT2D eigenvalue weighted by molar-refractivity contribution is 5.97. The van der Waals surface area contributed by atoms with Crippen LogP contribution >= 0.6 is 0 Å². The van der Waals surface area contributed by atoms with Crippen LogP contribution in [0.4, 0.5) is 0 Å². The molecular weight excluding hydrogens is 424 g/mol. The van der Waals surface area contributed by atoms with E-state index in [-0.39, 0.29) is 46.6 Å². The normalized spacial score (nSPS) is 19.4. The fourth-order valence-corrected chi connectivity index (χ4v) is 4.40. The highest BCUT2D eigenvalue weighted by atomic mass is 16.5. The molecule has 2 aromatic carbocycles. The van der Waals surface area contributed by atoms with Gasteiger partial charge in [0, 0.05) is 25.0 Å². The van der Waals surface area contributed by atoms with Gasteiger partial charge >= 0.3 is 0 Å². The molecule has 3 N–H and O–H groups in total. The Labute approximate surface area is 191 Å². The Morgan fingerprint density at radius 2 is 2.03 bits per heavy atom. The molecule has 2 heterocycles. The van der Waals surface area contributed by atoms with Crippen molar-refractivity contribution in [2.24, 2.45) is 5.92 Å². The van der Waals surface area contributed by atoms with Crippen molar-refractivity contribution in [2.45, 2.75) is 51.9 Å². The van der Waals surface area contributed by atoms with Crippen LogP contribution < -0.4 is 10.2 Å². The second kappa shape index (κ2) is 8.17. The minimum Gasteiger partial charge on any atom is -0.507 e. The number of hydrogen-bond acceptors (Lipinski definition) is 7. The number of phenols is 1. The lowest BCUT2D eigenvalue weighted by atomic mass is 9.85. The maximum absolute atomic E-state index is 13.7. The van der Waals surface area contributed by atoms with Crippen molar-refractivity contribution in [2.75, 3.05) is 13.7 Å². The monoisotopic (exact) mass is 454 g/mol. The van der Waals surface area contributed by atoms with Gasteiger partial charge in [0.1, 0.15) is 28.1 Å². The van der Waals surface area contributed by atoms with Gasteiger partial charge in [-0.1, -0.05) is 18.2 Å². The molecular formula is C26H30O7. The summed E-state index contributed by atoms with van der Waals surface area (Å²) in [7, 11) is 1.52. The van der Waals surface area contributed by atoms with E-state index in [4.69, 9.17) is 13.9 Å². The Morgan fingerprint density at radius 3 is 2.67 bits per heavy atom. The van der Waals surface area contributed by atoms with E-state index in [9.17, 15) is 20.1 Å². The van der Waals surface area contributed by atoms with Crippen LogP contribution in [0.5, 0.6) is 11.5 Å². The van der Waals surface area contributed by atoms with E-state index in [1.807, 2.05) is 13.8 Å². The molecule has 7 heteroatoms. The zero-order chi connectivity index (χ0) is 24.2. The third-order valence-electron chi connectivity index (χ3n) is 6.81. The Morgan fingerprint density at radius 1 is 1.33 bits per heavy atom. The fraction of sp³-hybridized carbons (Fsp3) is 0.423. The van der Waals surface area contributed by atoms with Crippen molar-refractivity contribution in [1.82, 2.24) is 0 Å². The number of phenolic OH excluding ortho intramolecular Hbond substituents is 1. The molecule has 0 saturated heterocycles. The van der Waals surface area contributed by atoms with E-state index in [0.717, 1.165) is 11.1 Å². The molecule has 3 atom stereocenters. The molecule has 0 unspecified atom stereocenters. The standard InChI is InChI=1S/C26H30O7/c1-12(2)15-11-32-24-13(3)9-17-20(21(24)22(15)29)23(30)19-16(27)8-7-14(25(19)33-17)10-18(28)26(4,5)31-6/h7-9,15,18,22,27-29H,1,10-11H2,2-6H3/t15-,18-,22-/m1/s1. The number of methoxy groups -OCH3 is 1. The van der Waals surface area contributed by atoms with Gasteiger partial charge in [0.15, 0.2) is 0 Å². The highest BCUT2D eigenvalue weighted by Gasteiger charge is 2.35. The average Bonchev–Trinajstić information content (AvgIpc) is 2.75. The van der Waals surface area contributed by atoms with Crippen molar-refractivity contribution < 1.29 is 29.2 Å². The molecule has 0 amide bonds. The van der Waals surface area contributed by atoms with Crippen molar-refractivity contribution >= 4 is 21.9 Å². The van der Waals surface area contributed by atoms with Crippen LogP contribution in [0.3, 0.4) is 0 Å². The third kappa shape index (κ3) is 3.70. The molecule has 1 aliphatic rings. The topological polar surface area (TPSA) is 109 Å². The fourth-order valence-electron chi connectivity index (χ4n) is 4.40. The van der Waals surface area contributed by atoms with Crippen LogP contribution in [-0.4, -0.2) is 40.7 Å². The summed E-state index contributed by atoms with van der Waals surface area (Å²) in [5.74, 6) is -0.155. The largest absolute Gasteiger partial charge is 0.507 e. The summed E-state index contributed by atoms with van der Waals surface area (Å²) in [6.45, 7) is 11.4. The smallest absolute Gasteiger partial charge is 0.204 e. The van der Waals surface area contributed by atoms with Gasteiger partial charge in [-0.2, -0.15) is 0 Å². The van der Waals surface area contributed by atoms with Gasteiger partial charge in [0.2, 0.25) is 5.43 Å². The number of aliphatic hydroxyl groups excluding tert-OH is 2. The van der Waals surface area contributed by atoms with Gasteiger partial charge in [0.05, 0.1) is 29.8 Å². The summed E-state index contributed by atoms with van der Waals surface area (Å²) in [5.41, 5.74) is 1.57. The van der Waals surface area contributed by atoms with Crippen LogP contribution in [0.25, 0.3) is 21.9 Å². The molecule has 0 bridgehead atoms. The van der Waals surface area contributed by atoms with E-state index in [0.29, 0.717) is 16.9 Å². The number of hydrogen-bond donors (Lipinski definition) is 3. The lowest BCUT2D eigenvalue weighted by Gasteiger charge is -2.32. The zero-order valence-corrected chi connectivity index (χ0v) is 19.6. The van der Waals surface area contributed by atoms with E-state index < -0.39 is 23.2 Å². The summed E-state index contributed by atoms with van der Waals surface area (Å²) >= 11 is 0. The molecule has 0 fully saturated rings. The maximum Gasteiger partial charge on any atom is 0.204 e. The van der Waals surface area contributed by atoms with Crippen LogP contribution in [0, 0.1) is 12.8 Å². The number of benzene rings is 2. The van der Waals surface area contributed by atoms with Crippen molar-refractivity contribution in [3.8, 4) is 11.5 Å². The van der Waals surface area contributed by atoms with Crippen molar-refractivity contribution in [3.05, 3.63) is 57.3 Å². The SMILES string of the molecule is C=C(C)[C@H]1COc2c(C)cc3oc4c(C[C@@H](O)C(C)(C)OC)ccc(O)c4c(=O)c3c2[C@@H]1O. The first-order valence-corrected chi connectivity index (χ1v) is 10.9. The summed E-state index contributed by atoms with van der Waals surface area (Å²) in [6, 6.07) is 4.74. The minimum absolute atomic E-state index is 0.00174. The summed E-state index contributed by atoms with van der Waals surface area (Å²) in [4.78, 5) is 13.7. The Hall–Kier alpha value is -2.87. The first-order chi connectivity index (χ1) is 15.5. The molecule has 1 aromatic heterocycles. The maximum atomic E-state index is 13.7. The zero-order valence-electron chi connectivity index (χ0n) is 19.6. The van der Waals surface area contributed by atoms with Gasteiger partial charge in [-0.25, -0.2) is 0 Å². The second-order valence-electron chi connectivity index (χ2n) is 9.42. The van der Waals surface area contributed by atoms with Gasteiger partial charge in [-0.3, -0.25) is 4.79 Å². The molecule has 7 nitrogen and oxygen atoms in total. The van der Waals surface area contributed by atoms with Gasteiger partial charge in [-0.15, -0.1) is 0 Å². The molecule has 0 aliphatic carbocycles. The predicted octanol–water partition coefficient (Wildman–Crippen LogP) is 3.91. The highest BCUT2D eigenvalue weighted by Crippen LogP contribution is 2.44. The second-order valence-corrected chi connectivity index (χ2v) is 9.42. The lowest BCUT2D eigenvalue weighted by Crippen LogP contribution is -2.39. The van der Waals surface area contributed by atoms with Crippen LogP contribution in [0.1, 0.15) is 43.6 Å². The van der Waals surface area contributed by atoms with Crippen LogP contribution in [0.15, 0.2) is 39.6 Å².